The highest BCUT2D eigenvalue weighted by Crippen LogP contribution is 2.48. The molecule has 3 aromatic carbocycles. The topological polar surface area (TPSA) is 26.3 Å². The number of ether oxygens (including phenoxy) is 1. The maximum absolute atomic E-state index is 11.4. The van der Waals surface area contributed by atoms with Gasteiger partial charge in [-0.25, -0.2) is 0 Å². The first-order valence-electron chi connectivity index (χ1n) is 8.44. The molecule has 26 heavy (non-hydrogen) atoms. The summed E-state index contributed by atoms with van der Waals surface area (Å²) in [4.78, 5) is 18.0. The van der Waals surface area contributed by atoms with Gasteiger partial charge in [0.1, 0.15) is 16.6 Å². The molecule has 0 spiro atoms. The van der Waals surface area contributed by atoms with Crippen molar-refractivity contribution >= 4 is 28.6 Å². The molecule has 4 rings (SSSR count). The van der Waals surface area contributed by atoms with Gasteiger partial charge >= 0.3 is 5.97 Å². The molecule has 0 amide bonds. The van der Waals surface area contributed by atoms with Gasteiger partial charge in [-0.15, -0.1) is 0 Å². The third kappa shape index (κ3) is 3.04. The van der Waals surface area contributed by atoms with Crippen LogP contribution in [0.1, 0.15) is 18.1 Å². The summed E-state index contributed by atoms with van der Waals surface area (Å²) in [5.41, 5.74) is 1.99. The highest BCUT2D eigenvalue weighted by atomic mass is 32.2. The maximum Gasteiger partial charge on any atom is 0.308 e. The van der Waals surface area contributed by atoms with Crippen LogP contribution in [0, 0.1) is 13.8 Å². The fraction of sp³-hybridized carbons (Fsp3) is 0.136. The molecule has 130 valence electrons. The van der Waals surface area contributed by atoms with E-state index in [4.69, 9.17) is 4.74 Å². The number of hydrogen-bond donors (Lipinski definition) is 0. The first-order chi connectivity index (χ1) is 12.5. The molecule has 0 fully saturated rings. The lowest BCUT2D eigenvalue weighted by molar-refractivity contribution is -0.131. The van der Waals surface area contributed by atoms with Crippen LogP contribution in [0.3, 0.4) is 0 Å². The van der Waals surface area contributed by atoms with Crippen LogP contribution in [-0.2, 0) is 15.7 Å². The minimum Gasteiger partial charge on any atom is -0.426 e. The average Bonchev–Trinajstić information content (AvgIpc) is 2.62. The standard InChI is InChI=1S/C22H19O2S2/c1-14-12-17(13-15(2)22(14)24-16(3)23)26-20-10-6-4-8-18(20)25-19-9-5-7-11-21(19)26/h4-13H,1-3H3/q+1. The Balaban J connectivity index is 1.90. The van der Waals surface area contributed by atoms with Crippen LogP contribution in [0.5, 0.6) is 5.75 Å². The van der Waals surface area contributed by atoms with Crippen molar-refractivity contribution in [2.24, 2.45) is 0 Å². The van der Waals surface area contributed by atoms with Crippen molar-refractivity contribution in [2.75, 3.05) is 0 Å². The van der Waals surface area contributed by atoms with E-state index in [1.165, 1.54) is 31.4 Å². The van der Waals surface area contributed by atoms with E-state index in [0.29, 0.717) is 5.75 Å². The Morgan fingerprint density at radius 2 is 1.38 bits per heavy atom. The Hall–Kier alpha value is -2.17. The zero-order chi connectivity index (χ0) is 18.3. The van der Waals surface area contributed by atoms with Crippen molar-refractivity contribution in [1.29, 1.82) is 0 Å². The molecule has 1 aliphatic heterocycles. The molecule has 0 N–H and O–H groups in total. The van der Waals surface area contributed by atoms with Gasteiger partial charge in [0, 0.05) is 19.1 Å². The molecular weight excluding hydrogens is 360 g/mol. The third-order valence-corrected chi connectivity index (χ3v) is 7.98. The van der Waals surface area contributed by atoms with Crippen molar-refractivity contribution in [3.63, 3.8) is 0 Å². The first kappa shape index (κ1) is 17.3. The van der Waals surface area contributed by atoms with E-state index in [9.17, 15) is 4.79 Å². The Morgan fingerprint density at radius 3 is 1.88 bits per heavy atom. The summed E-state index contributed by atoms with van der Waals surface area (Å²) in [6, 6.07) is 21.6. The molecule has 1 heterocycles. The molecule has 0 saturated carbocycles. The number of esters is 1. The van der Waals surface area contributed by atoms with Crippen molar-refractivity contribution in [3.8, 4) is 5.75 Å². The van der Waals surface area contributed by atoms with Crippen LogP contribution < -0.4 is 4.74 Å². The summed E-state index contributed by atoms with van der Waals surface area (Å²) in [5, 5.41) is 0. The van der Waals surface area contributed by atoms with Gasteiger partial charge in [0.15, 0.2) is 14.7 Å². The van der Waals surface area contributed by atoms with E-state index in [1.54, 1.807) is 0 Å². The number of carbonyl (C=O) groups excluding carboxylic acids is 1. The third-order valence-electron chi connectivity index (χ3n) is 4.27. The fourth-order valence-electron chi connectivity index (χ4n) is 3.23. The minimum absolute atomic E-state index is 0.161. The number of carbonyl (C=O) groups is 1. The van der Waals surface area contributed by atoms with Crippen LogP contribution in [0.2, 0.25) is 0 Å². The number of benzene rings is 3. The maximum atomic E-state index is 11.4. The second-order valence-corrected chi connectivity index (χ2v) is 9.33. The Morgan fingerprint density at radius 1 is 0.885 bits per heavy atom. The van der Waals surface area contributed by atoms with E-state index >= 15 is 0 Å². The smallest absolute Gasteiger partial charge is 0.308 e. The van der Waals surface area contributed by atoms with Crippen molar-refractivity contribution in [3.05, 3.63) is 71.8 Å². The van der Waals surface area contributed by atoms with E-state index < -0.39 is 0 Å². The Kier molecular flexibility index (Phi) is 4.55. The second kappa shape index (κ2) is 6.86. The van der Waals surface area contributed by atoms with Crippen molar-refractivity contribution in [2.45, 2.75) is 45.2 Å². The molecule has 2 nitrogen and oxygen atoms in total. The van der Waals surface area contributed by atoms with Crippen LogP contribution in [0.15, 0.2) is 85.1 Å². The highest BCUT2D eigenvalue weighted by Gasteiger charge is 2.38. The first-order valence-corrected chi connectivity index (χ1v) is 10.5. The van der Waals surface area contributed by atoms with Crippen LogP contribution in [0.25, 0.3) is 0 Å². The van der Waals surface area contributed by atoms with E-state index in [2.05, 4.69) is 60.7 Å². The quantitative estimate of drug-likeness (QED) is 0.250. The molecule has 0 saturated heterocycles. The summed E-state index contributed by atoms with van der Waals surface area (Å²) in [6.07, 6.45) is 0. The van der Waals surface area contributed by atoms with E-state index in [0.717, 1.165) is 11.1 Å². The molecule has 4 heteroatoms. The minimum atomic E-state index is -0.281. The molecule has 0 atom stereocenters. The zero-order valence-corrected chi connectivity index (χ0v) is 16.5. The predicted molar refractivity (Wildman–Crippen MR) is 106 cm³/mol. The van der Waals surface area contributed by atoms with Gasteiger partial charge in [-0.1, -0.05) is 36.0 Å². The number of hydrogen-bond acceptors (Lipinski definition) is 3. The van der Waals surface area contributed by atoms with Gasteiger partial charge in [0.25, 0.3) is 0 Å². The lowest BCUT2D eigenvalue weighted by Crippen LogP contribution is -2.12. The molecule has 0 radical (unpaired) electrons. The molecule has 0 aliphatic carbocycles. The summed E-state index contributed by atoms with van der Waals surface area (Å²) >= 11 is 1.84. The van der Waals surface area contributed by atoms with Gasteiger partial charge in [-0.3, -0.25) is 4.79 Å². The summed E-state index contributed by atoms with van der Waals surface area (Å²) < 4.78 is 5.42. The second-order valence-electron chi connectivity index (χ2n) is 6.28. The number of aryl methyl sites for hydroxylation is 2. The lowest BCUT2D eigenvalue weighted by atomic mass is 10.1. The van der Waals surface area contributed by atoms with Crippen LogP contribution >= 0.6 is 11.8 Å². The van der Waals surface area contributed by atoms with E-state index in [-0.39, 0.29) is 16.9 Å². The van der Waals surface area contributed by atoms with Crippen LogP contribution in [0.4, 0.5) is 0 Å². The van der Waals surface area contributed by atoms with Gasteiger partial charge in [0.05, 0.1) is 9.79 Å². The normalized spacial score (nSPS) is 13.0. The van der Waals surface area contributed by atoms with Gasteiger partial charge in [-0.2, -0.15) is 0 Å². The number of fused-ring (bicyclic) bond motifs is 2. The molecule has 3 aromatic rings. The van der Waals surface area contributed by atoms with Crippen molar-refractivity contribution in [1.82, 2.24) is 0 Å². The molecule has 1 aliphatic rings. The average molecular weight is 380 g/mol. The van der Waals surface area contributed by atoms with E-state index in [1.807, 2.05) is 25.6 Å². The highest BCUT2D eigenvalue weighted by molar-refractivity contribution is 8.04. The summed E-state index contributed by atoms with van der Waals surface area (Å²) in [5.74, 6) is 0.397. The lowest BCUT2D eigenvalue weighted by Gasteiger charge is -2.20. The summed E-state index contributed by atoms with van der Waals surface area (Å²) in [6.45, 7) is 5.46. The molecule has 0 unspecified atom stereocenters. The SMILES string of the molecule is CC(=O)Oc1c(C)cc([S+]2c3ccccc3Sc3ccccc32)cc1C. The largest absolute Gasteiger partial charge is 0.426 e. The van der Waals surface area contributed by atoms with Gasteiger partial charge in [0.2, 0.25) is 0 Å². The Labute approximate surface area is 160 Å². The van der Waals surface area contributed by atoms with Gasteiger partial charge in [-0.05, 0) is 49.2 Å². The monoisotopic (exact) mass is 379 g/mol. The molecule has 0 aromatic heterocycles. The van der Waals surface area contributed by atoms with Crippen molar-refractivity contribution < 1.29 is 9.53 Å². The van der Waals surface area contributed by atoms with Gasteiger partial charge < -0.3 is 4.74 Å². The summed E-state index contributed by atoms with van der Waals surface area (Å²) in [7, 11) is -0.161. The molecular formula is C22H19O2S2+. The molecule has 0 bridgehead atoms. The Bertz CT molecular complexity index is 942. The number of rotatable bonds is 2. The fourth-order valence-corrected chi connectivity index (χ4v) is 7.15. The predicted octanol–water partition coefficient (Wildman–Crippen LogP) is 5.79. The van der Waals surface area contributed by atoms with Crippen LogP contribution in [-0.4, -0.2) is 5.97 Å². The zero-order valence-electron chi connectivity index (χ0n) is 14.9.